The van der Waals surface area contributed by atoms with Crippen LogP contribution in [0.25, 0.3) is 0 Å². The fourth-order valence-corrected chi connectivity index (χ4v) is 2.70. The van der Waals surface area contributed by atoms with Crippen LogP contribution in [0.3, 0.4) is 0 Å². The number of nitrogens with one attached hydrogen (secondary N) is 2. The highest BCUT2D eigenvalue weighted by Gasteiger charge is 2.25. The number of nitrogens with zero attached hydrogens (tertiary/aromatic N) is 1. The Bertz CT molecular complexity index is 993. The van der Waals surface area contributed by atoms with Gasteiger partial charge in [0.15, 0.2) is 23.0 Å². The molecule has 172 valence electrons. The molecule has 0 bridgehead atoms. The summed E-state index contributed by atoms with van der Waals surface area (Å²) < 4.78 is 21.2. The summed E-state index contributed by atoms with van der Waals surface area (Å²) in [5, 5.41) is 11.4. The van der Waals surface area contributed by atoms with Crippen LogP contribution in [0.5, 0.6) is 23.0 Å². The van der Waals surface area contributed by atoms with Gasteiger partial charge in [-0.3, -0.25) is 30.6 Å². The topological polar surface area (TPSA) is 138 Å². The second-order valence-corrected chi connectivity index (χ2v) is 6.33. The Labute approximate surface area is 184 Å². The molecule has 0 radical (unpaired) electrons. The van der Waals surface area contributed by atoms with Crippen molar-refractivity contribution in [2.45, 2.75) is 20.3 Å². The number of methoxy groups -OCH3 is 2. The fraction of sp³-hybridized carbons (Fsp3) is 0.333. The highest BCUT2D eigenvalue weighted by atomic mass is 16.6. The number of ether oxygens (including phenoxy) is 4. The van der Waals surface area contributed by atoms with Crippen LogP contribution >= 0.6 is 0 Å². The molecule has 2 aromatic rings. The van der Waals surface area contributed by atoms with Crippen molar-refractivity contribution in [1.82, 2.24) is 10.9 Å². The summed E-state index contributed by atoms with van der Waals surface area (Å²) in [6.45, 7) is 4.42. The number of amides is 2. The van der Waals surface area contributed by atoms with Crippen LogP contribution in [-0.2, 0) is 0 Å². The highest BCUT2D eigenvalue weighted by molar-refractivity contribution is 6.02. The summed E-state index contributed by atoms with van der Waals surface area (Å²) in [5.74, 6) is -0.457. The monoisotopic (exact) mass is 447 g/mol. The molecule has 11 nitrogen and oxygen atoms in total. The molecule has 0 aliphatic heterocycles. The molecule has 0 atom stereocenters. The lowest BCUT2D eigenvalue weighted by Crippen LogP contribution is -2.41. The Hall–Kier alpha value is -4.02. The maximum Gasteiger partial charge on any atom is 0.286 e. The minimum Gasteiger partial charge on any atom is -0.493 e. The molecule has 0 aliphatic rings. The molecular formula is C21H25N3O8. The number of hydrazine groups is 1. The van der Waals surface area contributed by atoms with Gasteiger partial charge < -0.3 is 18.9 Å². The predicted octanol–water partition coefficient (Wildman–Crippen LogP) is 2.87. The van der Waals surface area contributed by atoms with Crippen molar-refractivity contribution in [3.63, 3.8) is 0 Å². The Morgan fingerprint density at radius 3 is 2.16 bits per heavy atom. The van der Waals surface area contributed by atoms with Gasteiger partial charge in [-0.1, -0.05) is 6.92 Å². The molecule has 32 heavy (non-hydrogen) atoms. The van der Waals surface area contributed by atoms with E-state index in [1.807, 2.05) is 6.92 Å². The number of rotatable bonds is 10. The van der Waals surface area contributed by atoms with Gasteiger partial charge in [0, 0.05) is 11.6 Å². The normalized spacial score (nSPS) is 10.1. The third kappa shape index (κ3) is 5.78. The van der Waals surface area contributed by atoms with Gasteiger partial charge in [-0.25, -0.2) is 0 Å². The van der Waals surface area contributed by atoms with E-state index in [0.29, 0.717) is 18.1 Å². The van der Waals surface area contributed by atoms with Crippen LogP contribution in [0.1, 0.15) is 41.0 Å². The summed E-state index contributed by atoms with van der Waals surface area (Å²) in [6.07, 6.45) is 0.805. The number of benzene rings is 2. The van der Waals surface area contributed by atoms with Gasteiger partial charge in [-0.15, -0.1) is 0 Å². The molecular weight excluding hydrogens is 422 g/mol. The van der Waals surface area contributed by atoms with Gasteiger partial charge in [0.1, 0.15) is 5.56 Å². The quantitative estimate of drug-likeness (QED) is 0.419. The van der Waals surface area contributed by atoms with Gasteiger partial charge >= 0.3 is 0 Å². The second kappa shape index (κ2) is 11.4. The first-order chi connectivity index (χ1) is 15.4. The maximum atomic E-state index is 12.6. The first-order valence-corrected chi connectivity index (χ1v) is 9.76. The summed E-state index contributed by atoms with van der Waals surface area (Å²) in [4.78, 5) is 35.7. The Morgan fingerprint density at radius 1 is 0.906 bits per heavy atom. The van der Waals surface area contributed by atoms with E-state index in [4.69, 9.17) is 18.9 Å². The molecule has 0 heterocycles. The zero-order valence-corrected chi connectivity index (χ0v) is 18.2. The Balaban J connectivity index is 2.20. The first-order valence-electron chi connectivity index (χ1n) is 9.76. The number of nitro groups is 1. The van der Waals surface area contributed by atoms with Gasteiger partial charge in [0.2, 0.25) is 0 Å². The van der Waals surface area contributed by atoms with Gasteiger partial charge in [-0.05, 0) is 31.5 Å². The molecule has 2 aromatic carbocycles. The number of hydrogen-bond acceptors (Lipinski definition) is 8. The molecule has 0 unspecified atom stereocenters. The third-order valence-electron chi connectivity index (χ3n) is 4.20. The molecule has 2 rings (SSSR count). The highest BCUT2D eigenvalue weighted by Crippen LogP contribution is 2.34. The number of nitro benzene ring substituents is 1. The fourth-order valence-electron chi connectivity index (χ4n) is 2.70. The van der Waals surface area contributed by atoms with Crippen LogP contribution in [0.15, 0.2) is 30.3 Å². The molecule has 0 aliphatic carbocycles. The van der Waals surface area contributed by atoms with Crippen molar-refractivity contribution in [2.75, 3.05) is 27.4 Å². The summed E-state index contributed by atoms with van der Waals surface area (Å²) in [5.41, 5.74) is 3.78. The van der Waals surface area contributed by atoms with E-state index < -0.39 is 22.4 Å². The molecule has 0 spiro atoms. The van der Waals surface area contributed by atoms with Gasteiger partial charge in [0.25, 0.3) is 17.5 Å². The number of hydrogen-bond donors (Lipinski definition) is 2. The molecule has 11 heteroatoms. The lowest BCUT2D eigenvalue weighted by molar-refractivity contribution is -0.385. The van der Waals surface area contributed by atoms with E-state index in [9.17, 15) is 19.7 Å². The van der Waals surface area contributed by atoms with E-state index in [-0.39, 0.29) is 29.2 Å². The van der Waals surface area contributed by atoms with Crippen molar-refractivity contribution in [3.8, 4) is 23.0 Å². The average Bonchev–Trinajstić information content (AvgIpc) is 2.80. The SMILES string of the molecule is CCCOc1ccc(C(=O)NNC(=O)c2cc(OCC)c(OC)cc2[N+](=O)[O-])cc1OC. The number of carbonyl (C=O) groups is 2. The summed E-state index contributed by atoms with van der Waals surface area (Å²) in [7, 11) is 2.77. The van der Waals surface area contributed by atoms with Gasteiger partial charge in [0.05, 0.1) is 38.4 Å². The zero-order valence-electron chi connectivity index (χ0n) is 18.2. The molecule has 0 fully saturated rings. The van der Waals surface area contributed by atoms with E-state index in [1.54, 1.807) is 13.0 Å². The predicted molar refractivity (Wildman–Crippen MR) is 115 cm³/mol. The van der Waals surface area contributed by atoms with Crippen LogP contribution in [0, 0.1) is 10.1 Å². The van der Waals surface area contributed by atoms with E-state index in [0.717, 1.165) is 12.5 Å². The van der Waals surface area contributed by atoms with E-state index in [2.05, 4.69) is 10.9 Å². The first kappa shape index (κ1) is 24.3. The lowest BCUT2D eigenvalue weighted by Gasteiger charge is -2.13. The molecule has 0 saturated heterocycles. The smallest absolute Gasteiger partial charge is 0.286 e. The van der Waals surface area contributed by atoms with Crippen LogP contribution in [-0.4, -0.2) is 44.2 Å². The Kier molecular flexibility index (Phi) is 8.63. The standard InChI is InChI=1S/C21H25N3O8/c1-5-9-32-16-8-7-13(10-17(16)29-3)20(25)22-23-21(26)14-11-19(31-6-2)18(30-4)12-15(14)24(27)28/h7-8,10-12H,5-6,9H2,1-4H3,(H,22,25)(H,23,26). The van der Waals surface area contributed by atoms with Crippen LogP contribution < -0.4 is 29.8 Å². The largest absolute Gasteiger partial charge is 0.493 e. The molecule has 0 aromatic heterocycles. The second-order valence-electron chi connectivity index (χ2n) is 6.33. The van der Waals surface area contributed by atoms with Crippen LogP contribution in [0.2, 0.25) is 0 Å². The zero-order chi connectivity index (χ0) is 23.7. The van der Waals surface area contributed by atoms with Crippen molar-refractivity contribution in [1.29, 1.82) is 0 Å². The summed E-state index contributed by atoms with van der Waals surface area (Å²) in [6, 6.07) is 6.80. The van der Waals surface area contributed by atoms with Crippen molar-refractivity contribution in [3.05, 3.63) is 51.6 Å². The maximum absolute atomic E-state index is 12.6. The summed E-state index contributed by atoms with van der Waals surface area (Å²) >= 11 is 0. The van der Waals surface area contributed by atoms with Crippen molar-refractivity contribution < 1.29 is 33.5 Å². The molecule has 2 N–H and O–H groups in total. The molecule has 0 saturated carbocycles. The van der Waals surface area contributed by atoms with Crippen molar-refractivity contribution >= 4 is 17.5 Å². The van der Waals surface area contributed by atoms with Crippen molar-refractivity contribution in [2.24, 2.45) is 0 Å². The Morgan fingerprint density at radius 2 is 1.56 bits per heavy atom. The lowest BCUT2D eigenvalue weighted by atomic mass is 10.1. The van der Waals surface area contributed by atoms with E-state index >= 15 is 0 Å². The molecule has 2 amide bonds. The minimum atomic E-state index is -0.900. The third-order valence-corrected chi connectivity index (χ3v) is 4.20. The minimum absolute atomic E-state index is 0.108. The average molecular weight is 447 g/mol. The van der Waals surface area contributed by atoms with Gasteiger partial charge in [-0.2, -0.15) is 0 Å². The van der Waals surface area contributed by atoms with E-state index in [1.165, 1.54) is 32.4 Å². The van der Waals surface area contributed by atoms with Crippen LogP contribution in [0.4, 0.5) is 5.69 Å². The number of carbonyl (C=O) groups excluding carboxylic acids is 2.